The highest BCUT2D eigenvalue weighted by atomic mass is 32.2. The second-order valence-electron chi connectivity index (χ2n) is 3.47. The Morgan fingerprint density at radius 3 is 2.83 bits per heavy atom. The van der Waals surface area contributed by atoms with Gasteiger partial charge >= 0.3 is 5.97 Å². The molecule has 0 aliphatic heterocycles. The molecular weight excluding hydrogens is 280 g/mol. The number of carboxylic acids is 1. The van der Waals surface area contributed by atoms with Gasteiger partial charge in [0.25, 0.3) is 10.0 Å². The fourth-order valence-corrected chi connectivity index (χ4v) is 3.79. The topological polar surface area (TPSA) is 96.8 Å². The smallest absolute Gasteiger partial charge is 0.356 e. The molecule has 7 nitrogen and oxygen atoms in total. The molecule has 1 aromatic rings. The molecule has 0 radical (unpaired) electrons. The summed E-state index contributed by atoms with van der Waals surface area (Å²) < 4.78 is 29.9. The van der Waals surface area contributed by atoms with E-state index >= 15 is 0 Å². The van der Waals surface area contributed by atoms with Crippen LogP contribution < -0.4 is 0 Å². The lowest BCUT2D eigenvalue weighted by Gasteiger charge is -2.15. The Hall–Kier alpha value is -1.03. The number of methoxy groups -OCH3 is 1. The second kappa shape index (κ2) is 6.23. The van der Waals surface area contributed by atoms with Crippen LogP contribution in [0.5, 0.6) is 0 Å². The van der Waals surface area contributed by atoms with Crippen LogP contribution in [0.2, 0.25) is 0 Å². The van der Waals surface area contributed by atoms with Crippen molar-refractivity contribution in [2.24, 2.45) is 0 Å². The highest BCUT2D eigenvalue weighted by Gasteiger charge is 2.29. The molecule has 1 N–H and O–H groups in total. The molecule has 0 saturated carbocycles. The van der Waals surface area contributed by atoms with Crippen LogP contribution in [0.3, 0.4) is 0 Å². The summed E-state index contributed by atoms with van der Waals surface area (Å²) in [6, 6.07) is 0. The Bertz CT molecular complexity index is 511. The van der Waals surface area contributed by atoms with E-state index < -0.39 is 21.7 Å². The number of hydrogen-bond acceptors (Lipinski definition) is 6. The summed E-state index contributed by atoms with van der Waals surface area (Å²) in [7, 11) is -0.872. The van der Waals surface area contributed by atoms with Crippen molar-refractivity contribution in [1.29, 1.82) is 0 Å². The van der Waals surface area contributed by atoms with Gasteiger partial charge in [0.15, 0.2) is 9.90 Å². The molecule has 0 bridgehead atoms. The molecule has 1 rings (SSSR count). The third-order valence-corrected chi connectivity index (χ3v) is 5.41. The lowest BCUT2D eigenvalue weighted by Crippen LogP contribution is -2.29. The second-order valence-corrected chi connectivity index (χ2v) is 6.56. The van der Waals surface area contributed by atoms with Crippen LogP contribution in [0.1, 0.15) is 16.9 Å². The summed E-state index contributed by atoms with van der Waals surface area (Å²) in [4.78, 5) is 14.4. The molecule has 1 heterocycles. The minimum Gasteiger partial charge on any atom is -0.476 e. The van der Waals surface area contributed by atoms with Crippen molar-refractivity contribution in [3.8, 4) is 0 Å². The summed E-state index contributed by atoms with van der Waals surface area (Å²) in [6.07, 6.45) is 0.535. The molecule has 0 amide bonds. The quantitative estimate of drug-likeness (QED) is 0.735. The van der Waals surface area contributed by atoms with Gasteiger partial charge in [0, 0.05) is 27.3 Å². The zero-order valence-electron chi connectivity index (χ0n) is 9.99. The van der Waals surface area contributed by atoms with Gasteiger partial charge in [-0.3, -0.25) is 0 Å². The van der Waals surface area contributed by atoms with E-state index in [1.165, 1.54) is 19.7 Å². The highest BCUT2D eigenvalue weighted by Crippen LogP contribution is 2.23. The number of sulfonamides is 1. The van der Waals surface area contributed by atoms with Crippen molar-refractivity contribution in [1.82, 2.24) is 9.29 Å². The number of carboxylic acid groups (broad SMARTS) is 1. The average Bonchev–Trinajstić information content (AvgIpc) is 2.78. The first-order valence-corrected chi connectivity index (χ1v) is 7.35. The number of thiazole rings is 1. The molecule has 0 fully saturated rings. The number of carbonyl (C=O) groups is 1. The molecule has 0 unspecified atom stereocenters. The third-order valence-electron chi connectivity index (χ3n) is 2.20. The van der Waals surface area contributed by atoms with E-state index in [-0.39, 0.29) is 10.8 Å². The van der Waals surface area contributed by atoms with Crippen LogP contribution in [0.15, 0.2) is 9.72 Å². The van der Waals surface area contributed by atoms with Gasteiger partial charge < -0.3 is 9.84 Å². The lowest BCUT2D eigenvalue weighted by molar-refractivity contribution is 0.0687. The number of nitrogens with zero attached hydrogens (tertiary/aromatic N) is 2. The van der Waals surface area contributed by atoms with Crippen LogP contribution >= 0.6 is 11.3 Å². The molecule has 18 heavy (non-hydrogen) atoms. The first kappa shape index (κ1) is 15.0. The summed E-state index contributed by atoms with van der Waals surface area (Å²) in [6.45, 7) is 0.696. The standard InChI is InChI=1S/C9H14N2O5S2/c1-11(4-3-5-16-2)18(14,15)9-7(8(12)13)10-6-17-9/h6H,3-5H2,1-2H3,(H,12,13). The van der Waals surface area contributed by atoms with Crippen LogP contribution in [0.25, 0.3) is 0 Å². The van der Waals surface area contributed by atoms with Gasteiger partial charge in [0.1, 0.15) is 0 Å². The molecule has 102 valence electrons. The van der Waals surface area contributed by atoms with Crippen molar-refractivity contribution in [2.75, 3.05) is 27.3 Å². The fourth-order valence-electron chi connectivity index (χ4n) is 1.25. The zero-order valence-corrected chi connectivity index (χ0v) is 11.6. The SMILES string of the molecule is COCCCN(C)S(=O)(=O)c1scnc1C(=O)O. The minimum atomic E-state index is -3.80. The first-order chi connectivity index (χ1) is 8.41. The van der Waals surface area contributed by atoms with Gasteiger partial charge in [-0.15, -0.1) is 11.3 Å². The Balaban J connectivity index is 2.92. The lowest BCUT2D eigenvalue weighted by atomic mass is 10.5. The van der Waals surface area contributed by atoms with Crippen molar-refractivity contribution >= 4 is 27.3 Å². The summed E-state index contributed by atoms with van der Waals surface area (Å²) in [5.74, 6) is -1.35. The normalized spacial score (nSPS) is 11.9. The number of rotatable bonds is 7. The fraction of sp³-hybridized carbons (Fsp3) is 0.556. The van der Waals surface area contributed by atoms with E-state index in [4.69, 9.17) is 9.84 Å². The molecule has 0 saturated heterocycles. The Kier molecular flexibility index (Phi) is 5.20. The van der Waals surface area contributed by atoms with Crippen molar-refractivity contribution in [3.05, 3.63) is 11.2 Å². The summed E-state index contributed by atoms with van der Waals surface area (Å²) in [5.41, 5.74) is 0.776. The maximum atomic E-state index is 12.1. The Labute approximate surface area is 109 Å². The van der Waals surface area contributed by atoms with Crippen LogP contribution in [0, 0.1) is 0 Å². The minimum absolute atomic E-state index is 0.241. The van der Waals surface area contributed by atoms with Crippen molar-refractivity contribution in [2.45, 2.75) is 10.6 Å². The highest BCUT2D eigenvalue weighted by molar-refractivity contribution is 7.91. The predicted octanol–water partition coefficient (Wildman–Crippen LogP) is 0.498. The van der Waals surface area contributed by atoms with Gasteiger partial charge in [-0.05, 0) is 6.42 Å². The average molecular weight is 294 g/mol. The number of aromatic carboxylic acids is 1. The van der Waals surface area contributed by atoms with Crippen molar-refractivity contribution < 1.29 is 23.1 Å². The van der Waals surface area contributed by atoms with Gasteiger partial charge in [0.05, 0.1) is 5.51 Å². The number of ether oxygens (including phenoxy) is 1. The van der Waals surface area contributed by atoms with Gasteiger partial charge in [-0.2, -0.15) is 0 Å². The maximum Gasteiger partial charge on any atom is 0.356 e. The molecule has 9 heteroatoms. The zero-order chi connectivity index (χ0) is 13.8. The third kappa shape index (κ3) is 3.25. The van der Waals surface area contributed by atoms with Gasteiger partial charge in [0.2, 0.25) is 0 Å². The van der Waals surface area contributed by atoms with Crippen LogP contribution in [0.4, 0.5) is 0 Å². The maximum absolute atomic E-state index is 12.1. The van der Waals surface area contributed by atoms with Crippen LogP contribution in [-0.4, -0.2) is 56.1 Å². The van der Waals surface area contributed by atoms with Gasteiger partial charge in [-0.25, -0.2) is 22.5 Å². The summed E-state index contributed by atoms with van der Waals surface area (Å²) >= 11 is 0.800. The predicted molar refractivity (Wildman–Crippen MR) is 65.4 cm³/mol. The molecule has 0 aromatic carbocycles. The van der Waals surface area contributed by atoms with E-state index in [0.717, 1.165) is 15.6 Å². The Morgan fingerprint density at radius 2 is 2.28 bits per heavy atom. The van der Waals surface area contributed by atoms with E-state index in [1.807, 2.05) is 0 Å². The number of aromatic nitrogens is 1. The van der Waals surface area contributed by atoms with E-state index in [1.54, 1.807) is 0 Å². The first-order valence-electron chi connectivity index (χ1n) is 5.03. The van der Waals surface area contributed by atoms with Crippen molar-refractivity contribution in [3.63, 3.8) is 0 Å². The molecule has 0 spiro atoms. The molecule has 0 atom stereocenters. The summed E-state index contributed by atoms with van der Waals surface area (Å²) in [5, 5.41) is 8.85. The van der Waals surface area contributed by atoms with Crippen LogP contribution in [-0.2, 0) is 14.8 Å². The number of hydrogen-bond donors (Lipinski definition) is 1. The van der Waals surface area contributed by atoms with E-state index in [9.17, 15) is 13.2 Å². The van der Waals surface area contributed by atoms with Gasteiger partial charge in [-0.1, -0.05) is 0 Å². The molecule has 0 aliphatic carbocycles. The molecule has 0 aliphatic rings. The van der Waals surface area contributed by atoms with E-state index in [2.05, 4.69) is 4.98 Å². The monoisotopic (exact) mass is 294 g/mol. The largest absolute Gasteiger partial charge is 0.476 e. The molecular formula is C9H14N2O5S2. The molecule has 1 aromatic heterocycles. The Morgan fingerprint density at radius 1 is 1.61 bits per heavy atom. The van der Waals surface area contributed by atoms with E-state index in [0.29, 0.717) is 13.0 Å².